The molecule has 3 aromatic carbocycles. The Morgan fingerprint density at radius 2 is 1.90 bits per heavy atom. The molecular formula is C39H43Cl2FN6O3. The van der Waals surface area contributed by atoms with E-state index >= 15 is 4.39 Å². The first-order valence-electron chi connectivity index (χ1n) is 17.5. The number of likely N-dealkylation sites (N-methyl/N-ethyl adjacent to an activating group) is 1. The third-order valence-electron chi connectivity index (χ3n) is 11.0. The molecule has 3 heterocycles. The van der Waals surface area contributed by atoms with E-state index in [1.165, 1.54) is 7.11 Å². The molecule has 1 atom stereocenters. The van der Waals surface area contributed by atoms with Gasteiger partial charge in [-0.05, 0) is 75.0 Å². The third-order valence-corrected chi connectivity index (χ3v) is 11.7. The number of rotatable bonds is 10. The summed E-state index contributed by atoms with van der Waals surface area (Å²) in [7, 11) is 5.40. The predicted octanol–water partition coefficient (Wildman–Crippen LogP) is 7.60. The number of carbonyl (C=O) groups excluding carboxylic acids is 2. The lowest BCUT2D eigenvalue weighted by Gasteiger charge is -2.45. The molecule has 0 bridgehead atoms. The van der Waals surface area contributed by atoms with Gasteiger partial charge in [-0.2, -0.15) is 0 Å². The van der Waals surface area contributed by atoms with Gasteiger partial charge in [-0.15, -0.1) is 0 Å². The lowest BCUT2D eigenvalue weighted by atomic mass is 9.69. The number of aldehydes is 1. The van der Waals surface area contributed by atoms with Crippen LogP contribution >= 0.6 is 23.2 Å². The fourth-order valence-corrected chi connectivity index (χ4v) is 8.55. The molecule has 1 amide bonds. The molecule has 268 valence electrons. The Hall–Kier alpha value is -3.96. The summed E-state index contributed by atoms with van der Waals surface area (Å²) < 4.78 is 23.8. The maximum absolute atomic E-state index is 16.3. The van der Waals surface area contributed by atoms with E-state index in [0.29, 0.717) is 41.7 Å². The van der Waals surface area contributed by atoms with Crippen LogP contribution in [0.1, 0.15) is 64.4 Å². The molecule has 1 saturated carbocycles. The van der Waals surface area contributed by atoms with Crippen molar-refractivity contribution in [2.24, 2.45) is 13.0 Å². The number of nitrogens with zero attached hydrogens (tertiary/aromatic N) is 4. The molecule has 1 aliphatic carbocycles. The normalized spacial score (nSPS) is 18.6. The second-order valence-electron chi connectivity index (χ2n) is 14.2. The molecule has 4 aromatic rings. The van der Waals surface area contributed by atoms with E-state index in [1.807, 2.05) is 49.9 Å². The first kappa shape index (κ1) is 35.4. The fraction of sp³-hybridized carbons (Fsp3) is 0.410. The minimum Gasteiger partial charge on any atom is -0.493 e. The summed E-state index contributed by atoms with van der Waals surface area (Å²) >= 11 is 13.9. The molecule has 51 heavy (non-hydrogen) atoms. The monoisotopic (exact) mass is 732 g/mol. The molecule has 12 heteroatoms. The molecule has 1 saturated heterocycles. The number of hydrogen-bond donors (Lipinski definition) is 2. The number of imidazole rings is 1. The highest BCUT2D eigenvalue weighted by Crippen LogP contribution is 2.50. The average molecular weight is 734 g/mol. The Morgan fingerprint density at radius 1 is 1.14 bits per heavy atom. The third kappa shape index (κ3) is 6.52. The van der Waals surface area contributed by atoms with Crippen molar-refractivity contribution < 1.29 is 18.7 Å². The van der Waals surface area contributed by atoms with Crippen molar-refractivity contribution in [3.05, 3.63) is 92.2 Å². The van der Waals surface area contributed by atoms with E-state index < -0.39 is 11.4 Å². The number of aromatic nitrogens is 2. The molecule has 1 aromatic heterocycles. The van der Waals surface area contributed by atoms with Crippen LogP contribution in [0.15, 0.2) is 42.5 Å². The largest absolute Gasteiger partial charge is 0.493 e. The van der Waals surface area contributed by atoms with Crippen LogP contribution in [0.25, 0.3) is 11.1 Å². The van der Waals surface area contributed by atoms with Crippen molar-refractivity contribution >= 4 is 46.8 Å². The van der Waals surface area contributed by atoms with Gasteiger partial charge in [0.05, 0.1) is 39.8 Å². The minimum absolute atomic E-state index is 0.00905. The van der Waals surface area contributed by atoms with Gasteiger partial charge >= 0.3 is 0 Å². The van der Waals surface area contributed by atoms with E-state index in [4.69, 9.17) is 27.9 Å². The van der Waals surface area contributed by atoms with Crippen LogP contribution in [-0.4, -0.2) is 65.3 Å². The Morgan fingerprint density at radius 3 is 2.61 bits per heavy atom. The number of amides is 1. The van der Waals surface area contributed by atoms with Crippen LogP contribution < -0.4 is 15.4 Å². The van der Waals surface area contributed by atoms with Gasteiger partial charge in [0, 0.05) is 62.4 Å². The van der Waals surface area contributed by atoms with Crippen LogP contribution in [0, 0.1) is 18.7 Å². The topological polar surface area (TPSA) is 91.7 Å². The number of ether oxygens (including phenoxy) is 1. The number of halogens is 3. The van der Waals surface area contributed by atoms with E-state index in [1.54, 1.807) is 12.1 Å². The van der Waals surface area contributed by atoms with Gasteiger partial charge in [-0.25, -0.2) is 9.37 Å². The van der Waals surface area contributed by atoms with Crippen molar-refractivity contribution in [2.45, 2.75) is 57.7 Å². The number of anilines is 2. The zero-order chi connectivity index (χ0) is 36.0. The fourth-order valence-electron chi connectivity index (χ4n) is 8.01. The number of nitrogens with one attached hydrogen (secondary N) is 2. The molecule has 0 spiro atoms. The summed E-state index contributed by atoms with van der Waals surface area (Å²) in [5, 5.41) is 7.23. The number of fused-ring (bicyclic) bond motifs is 1. The summed E-state index contributed by atoms with van der Waals surface area (Å²) in [6, 6.07) is 13.5. The smallest absolute Gasteiger partial charge is 0.291 e. The highest BCUT2D eigenvalue weighted by molar-refractivity contribution is 6.36. The summed E-state index contributed by atoms with van der Waals surface area (Å²) in [4.78, 5) is 33.8. The van der Waals surface area contributed by atoms with Gasteiger partial charge in [-0.3, -0.25) is 9.69 Å². The molecule has 1 unspecified atom stereocenters. The SMILES string of the molecule is COc1c(CN2CCC(C=O)C2)cc(Cl)c(NC2(c3cccc(-c4cccc(NC(=O)c5nc6c(n5C)CCN(C)C6)c4Cl)c3C)CCC2)c1F. The summed E-state index contributed by atoms with van der Waals surface area (Å²) in [6.45, 7) is 5.51. The van der Waals surface area contributed by atoms with Crippen molar-refractivity contribution in [3.8, 4) is 16.9 Å². The minimum atomic E-state index is -0.563. The highest BCUT2D eigenvalue weighted by atomic mass is 35.5. The van der Waals surface area contributed by atoms with Gasteiger partial charge in [0.15, 0.2) is 17.4 Å². The number of hydrogen-bond acceptors (Lipinski definition) is 7. The van der Waals surface area contributed by atoms with Crippen molar-refractivity contribution in [2.75, 3.05) is 44.4 Å². The zero-order valence-corrected chi connectivity index (χ0v) is 30.9. The molecule has 0 radical (unpaired) electrons. The van der Waals surface area contributed by atoms with Gasteiger partial charge in [0.2, 0.25) is 0 Å². The zero-order valence-electron chi connectivity index (χ0n) is 29.4. The van der Waals surface area contributed by atoms with Gasteiger partial charge in [0.1, 0.15) is 6.29 Å². The van der Waals surface area contributed by atoms with Crippen LogP contribution in [0.3, 0.4) is 0 Å². The number of carbonyl (C=O) groups is 2. The molecule has 7 rings (SSSR count). The number of methoxy groups -OCH3 is 1. The van der Waals surface area contributed by atoms with E-state index in [2.05, 4.69) is 31.5 Å². The quantitative estimate of drug-likeness (QED) is 0.162. The Labute approximate surface area is 308 Å². The van der Waals surface area contributed by atoms with Crippen molar-refractivity contribution in [1.82, 2.24) is 19.4 Å². The molecule has 2 aliphatic heterocycles. The Bertz CT molecular complexity index is 2010. The number of benzene rings is 3. The average Bonchev–Trinajstić information content (AvgIpc) is 3.69. The maximum Gasteiger partial charge on any atom is 0.291 e. The first-order valence-corrected chi connectivity index (χ1v) is 18.2. The van der Waals surface area contributed by atoms with Crippen LogP contribution in [0.4, 0.5) is 15.8 Å². The maximum atomic E-state index is 16.3. The van der Waals surface area contributed by atoms with Gasteiger partial charge in [-0.1, -0.05) is 53.5 Å². The molecular weight excluding hydrogens is 690 g/mol. The second-order valence-corrected chi connectivity index (χ2v) is 15.0. The van der Waals surface area contributed by atoms with E-state index in [0.717, 1.165) is 85.1 Å². The summed E-state index contributed by atoms with van der Waals surface area (Å²) in [6.07, 6.45) is 5.15. The Balaban J connectivity index is 1.16. The molecule has 2 fully saturated rings. The van der Waals surface area contributed by atoms with E-state index in [-0.39, 0.29) is 28.3 Å². The predicted molar refractivity (Wildman–Crippen MR) is 199 cm³/mol. The summed E-state index contributed by atoms with van der Waals surface area (Å²) in [5.41, 5.74) is 6.50. The molecule has 3 aliphatic rings. The van der Waals surface area contributed by atoms with Crippen LogP contribution in [-0.2, 0) is 36.9 Å². The van der Waals surface area contributed by atoms with Crippen LogP contribution in [0.5, 0.6) is 5.75 Å². The second kappa shape index (κ2) is 14.2. The van der Waals surface area contributed by atoms with E-state index in [9.17, 15) is 9.59 Å². The summed E-state index contributed by atoms with van der Waals surface area (Å²) in [5.74, 6) is -0.350. The Kier molecular flexibility index (Phi) is 9.88. The van der Waals surface area contributed by atoms with Crippen molar-refractivity contribution in [1.29, 1.82) is 0 Å². The lowest BCUT2D eigenvalue weighted by Crippen LogP contribution is -2.43. The van der Waals surface area contributed by atoms with Crippen molar-refractivity contribution in [3.63, 3.8) is 0 Å². The highest BCUT2D eigenvalue weighted by Gasteiger charge is 2.42. The van der Waals surface area contributed by atoms with Gasteiger partial charge in [0.25, 0.3) is 5.91 Å². The standard InChI is InChI=1S/C39H43Cl2FN6O3/c1-23-26(27-9-6-11-30(33(27)41)44-38(50)37-43-31-21-46(2)16-13-32(31)47(37)3)8-5-10-28(23)39(14-7-15-39)45-35-29(40)18-25(36(51-4)34(35)42)20-48-17-12-24(19-48)22-49/h5-6,8-11,18,22,24,45H,7,12-17,19-21H2,1-4H3,(H,44,50). The molecule has 9 nitrogen and oxygen atoms in total. The first-order chi connectivity index (χ1) is 24.5. The van der Waals surface area contributed by atoms with Gasteiger partial charge < -0.3 is 29.6 Å². The number of likely N-dealkylation sites (tertiary alicyclic amines) is 1. The lowest BCUT2D eigenvalue weighted by molar-refractivity contribution is -0.110. The van der Waals surface area contributed by atoms with Crippen LogP contribution in [0.2, 0.25) is 10.0 Å². The molecule has 2 N–H and O–H groups in total.